The third-order valence-electron chi connectivity index (χ3n) is 2.02. The Morgan fingerprint density at radius 2 is 2.17 bits per heavy atom. The molecule has 0 radical (unpaired) electrons. The second kappa shape index (κ2) is 5.09. The highest BCUT2D eigenvalue weighted by Gasteiger charge is 2.15. The number of hydrogen-bond acceptors (Lipinski definition) is 4. The molecule has 2 aromatic rings. The van der Waals surface area contributed by atoms with Gasteiger partial charge >= 0.3 is 5.69 Å². The van der Waals surface area contributed by atoms with Gasteiger partial charge in [-0.05, 0) is 12.1 Å². The SMILES string of the molecule is O=[N+]([O-])c1cnccc1Oc1cc(F)cc(Br)c1. The molecule has 1 heterocycles. The molecule has 0 aliphatic carbocycles. The Balaban J connectivity index is 2.37. The van der Waals surface area contributed by atoms with Gasteiger partial charge in [0.1, 0.15) is 17.8 Å². The number of aromatic nitrogens is 1. The van der Waals surface area contributed by atoms with Gasteiger partial charge in [-0.2, -0.15) is 0 Å². The van der Waals surface area contributed by atoms with Gasteiger partial charge in [-0.15, -0.1) is 0 Å². The molecule has 0 aliphatic rings. The highest BCUT2D eigenvalue weighted by molar-refractivity contribution is 9.10. The van der Waals surface area contributed by atoms with Crippen LogP contribution in [-0.4, -0.2) is 9.91 Å². The van der Waals surface area contributed by atoms with Gasteiger partial charge in [-0.25, -0.2) is 4.39 Å². The maximum atomic E-state index is 13.1. The van der Waals surface area contributed by atoms with Crippen molar-refractivity contribution in [1.29, 1.82) is 0 Å². The summed E-state index contributed by atoms with van der Waals surface area (Å²) in [6.45, 7) is 0. The molecule has 1 aromatic carbocycles. The predicted octanol–water partition coefficient (Wildman–Crippen LogP) is 3.68. The van der Waals surface area contributed by atoms with E-state index < -0.39 is 10.7 Å². The molecule has 0 fully saturated rings. The fourth-order valence-corrected chi connectivity index (χ4v) is 1.76. The minimum Gasteiger partial charge on any atom is -0.450 e. The Morgan fingerprint density at radius 1 is 1.39 bits per heavy atom. The molecule has 0 spiro atoms. The summed E-state index contributed by atoms with van der Waals surface area (Å²) < 4.78 is 18.9. The molecule has 5 nitrogen and oxygen atoms in total. The van der Waals surface area contributed by atoms with Crippen LogP contribution in [0, 0.1) is 15.9 Å². The molecule has 0 N–H and O–H groups in total. The molecule has 1 aromatic heterocycles. The Morgan fingerprint density at radius 3 is 2.83 bits per heavy atom. The van der Waals surface area contributed by atoms with Crippen LogP contribution >= 0.6 is 15.9 Å². The van der Waals surface area contributed by atoms with E-state index >= 15 is 0 Å². The minimum absolute atomic E-state index is 0.00694. The first-order chi connectivity index (χ1) is 8.56. The number of ether oxygens (including phenoxy) is 1. The Labute approximate surface area is 110 Å². The van der Waals surface area contributed by atoms with Crippen molar-refractivity contribution in [3.8, 4) is 11.5 Å². The van der Waals surface area contributed by atoms with Gasteiger partial charge in [0.05, 0.1) is 4.92 Å². The van der Waals surface area contributed by atoms with E-state index in [0.717, 1.165) is 12.3 Å². The summed E-state index contributed by atoms with van der Waals surface area (Å²) in [5.41, 5.74) is -0.280. The van der Waals surface area contributed by atoms with Crippen LogP contribution in [-0.2, 0) is 0 Å². The van der Waals surface area contributed by atoms with E-state index in [1.807, 2.05) is 0 Å². The maximum absolute atomic E-state index is 13.1. The van der Waals surface area contributed by atoms with Crippen LogP contribution in [0.5, 0.6) is 11.5 Å². The molecule has 92 valence electrons. The third kappa shape index (κ3) is 2.80. The van der Waals surface area contributed by atoms with Gasteiger partial charge in [0.25, 0.3) is 0 Å². The molecule has 2 rings (SSSR count). The van der Waals surface area contributed by atoms with Crippen LogP contribution in [0.4, 0.5) is 10.1 Å². The van der Waals surface area contributed by atoms with E-state index in [9.17, 15) is 14.5 Å². The standard InChI is InChI=1S/C11H6BrFN2O3/c12-7-3-8(13)5-9(4-7)18-11-1-2-14-6-10(11)15(16)17/h1-6H. The van der Waals surface area contributed by atoms with Crippen molar-refractivity contribution < 1.29 is 14.1 Å². The first kappa shape index (κ1) is 12.4. The molecule has 0 amide bonds. The summed E-state index contributed by atoms with van der Waals surface area (Å²) in [6.07, 6.45) is 2.43. The smallest absolute Gasteiger partial charge is 0.329 e. The Hall–Kier alpha value is -2.02. The van der Waals surface area contributed by atoms with E-state index in [1.165, 1.54) is 24.4 Å². The van der Waals surface area contributed by atoms with Gasteiger partial charge in [0.2, 0.25) is 5.75 Å². The lowest BCUT2D eigenvalue weighted by Gasteiger charge is -2.06. The molecular weight excluding hydrogens is 307 g/mol. The number of nitro groups is 1. The van der Waals surface area contributed by atoms with Crippen molar-refractivity contribution in [2.45, 2.75) is 0 Å². The van der Waals surface area contributed by atoms with Crippen molar-refractivity contribution in [3.05, 3.63) is 57.1 Å². The highest BCUT2D eigenvalue weighted by atomic mass is 79.9. The molecule has 0 atom stereocenters. The molecule has 7 heteroatoms. The third-order valence-corrected chi connectivity index (χ3v) is 2.48. The lowest BCUT2D eigenvalue weighted by atomic mass is 10.3. The molecule has 18 heavy (non-hydrogen) atoms. The zero-order valence-corrected chi connectivity index (χ0v) is 10.4. The summed E-state index contributed by atoms with van der Waals surface area (Å²) >= 11 is 3.11. The van der Waals surface area contributed by atoms with Gasteiger partial charge in [-0.1, -0.05) is 15.9 Å². The molecule has 0 saturated heterocycles. The Kier molecular flexibility index (Phi) is 3.52. The van der Waals surface area contributed by atoms with Crippen molar-refractivity contribution in [1.82, 2.24) is 4.98 Å². The van der Waals surface area contributed by atoms with Gasteiger partial charge in [0.15, 0.2) is 0 Å². The zero-order valence-electron chi connectivity index (χ0n) is 8.84. The molecule has 0 bridgehead atoms. The van der Waals surface area contributed by atoms with E-state index in [4.69, 9.17) is 4.74 Å². The molecular formula is C11H6BrFN2O3. The van der Waals surface area contributed by atoms with Crippen molar-refractivity contribution in [2.75, 3.05) is 0 Å². The van der Waals surface area contributed by atoms with Crippen molar-refractivity contribution in [2.24, 2.45) is 0 Å². The topological polar surface area (TPSA) is 65.3 Å². The number of pyridine rings is 1. The van der Waals surface area contributed by atoms with E-state index in [1.54, 1.807) is 0 Å². The molecule has 0 unspecified atom stereocenters. The van der Waals surface area contributed by atoms with Crippen molar-refractivity contribution in [3.63, 3.8) is 0 Å². The number of nitrogens with zero attached hydrogens (tertiary/aromatic N) is 2. The van der Waals surface area contributed by atoms with Crippen LogP contribution in [0.1, 0.15) is 0 Å². The van der Waals surface area contributed by atoms with Gasteiger partial charge in [0, 0.05) is 22.8 Å². The monoisotopic (exact) mass is 312 g/mol. The summed E-state index contributed by atoms with van der Waals surface area (Å²) in [4.78, 5) is 13.8. The number of hydrogen-bond donors (Lipinski definition) is 0. The minimum atomic E-state index is -0.614. The van der Waals surface area contributed by atoms with E-state index in [-0.39, 0.29) is 17.2 Å². The second-order valence-electron chi connectivity index (χ2n) is 3.31. The second-order valence-corrected chi connectivity index (χ2v) is 4.22. The quantitative estimate of drug-likeness (QED) is 0.640. The van der Waals surface area contributed by atoms with Crippen LogP contribution in [0.15, 0.2) is 41.1 Å². The first-order valence-electron chi connectivity index (χ1n) is 4.78. The predicted molar refractivity (Wildman–Crippen MR) is 65.1 cm³/mol. The Bertz CT molecular complexity index is 586. The van der Waals surface area contributed by atoms with E-state index in [0.29, 0.717) is 4.47 Å². The van der Waals surface area contributed by atoms with Gasteiger partial charge < -0.3 is 4.74 Å². The summed E-state index contributed by atoms with van der Waals surface area (Å²) in [6, 6.07) is 5.24. The summed E-state index contributed by atoms with van der Waals surface area (Å²) in [5.74, 6) is -0.334. The normalized spacial score (nSPS) is 10.1. The molecule has 0 aliphatic heterocycles. The van der Waals surface area contributed by atoms with Crippen LogP contribution < -0.4 is 4.74 Å². The summed E-state index contributed by atoms with van der Waals surface area (Å²) in [5, 5.41) is 10.7. The van der Waals surface area contributed by atoms with Crippen LogP contribution in [0.25, 0.3) is 0 Å². The van der Waals surface area contributed by atoms with Crippen LogP contribution in [0.3, 0.4) is 0 Å². The number of rotatable bonds is 3. The summed E-state index contributed by atoms with van der Waals surface area (Å²) in [7, 11) is 0. The average molecular weight is 313 g/mol. The number of benzene rings is 1. The lowest BCUT2D eigenvalue weighted by molar-refractivity contribution is -0.386. The zero-order chi connectivity index (χ0) is 13.1. The molecule has 0 saturated carbocycles. The lowest BCUT2D eigenvalue weighted by Crippen LogP contribution is -1.94. The average Bonchev–Trinajstić information content (AvgIpc) is 2.27. The van der Waals surface area contributed by atoms with E-state index in [2.05, 4.69) is 20.9 Å². The highest BCUT2D eigenvalue weighted by Crippen LogP contribution is 2.31. The van der Waals surface area contributed by atoms with Crippen molar-refractivity contribution >= 4 is 21.6 Å². The van der Waals surface area contributed by atoms with Crippen LogP contribution in [0.2, 0.25) is 0 Å². The fraction of sp³-hybridized carbons (Fsp3) is 0. The van der Waals surface area contributed by atoms with Gasteiger partial charge in [-0.3, -0.25) is 15.1 Å². The largest absolute Gasteiger partial charge is 0.450 e. The first-order valence-corrected chi connectivity index (χ1v) is 5.58. The fourth-order valence-electron chi connectivity index (χ4n) is 1.31. The maximum Gasteiger partial charge on any atom is 0.329 e. The number of halogens is 2.